The van der Waals surface area contributed by atoms with E-state index in [1.807, 2.05) is 13.0 Å². The average molecular weight is 193 g/mol. The van der Waals surface area contributed by atoms with Crippen molar-refractivity contribution in [2.24, 2.45) is 11.8 Å². The SMILES string of the molecule is CCN(CC(C)C#N)C(=O)C(C)C#N. The van der Waals surface area contributed by atoms with E-state index < -0.39 is 5.92 Å². The molecule has 0 aliphatic carbocycles. The zero-order valence-corrected chi connectivity index (χ0v) is 8.82. The van der Waals surface area contributed by atoms with Crippen molar-refractivity contribution in [1.29, 1.82) is 10.5 Å². The van der Waals surface area contributed by atoms with Crippen LogP contribution < -0.4 is 0 Å². The lowest BCUT2D eigenvalue weighted by Gasteiger charge is -2.22. The summed E-state index contributed by atoms with van der Waals surface area (Å²) < 4.78 is 0. The molecule has 0 heterocycles. The van der Waals surface area contributed by atoms with E-state index in [9.17, 15) is 4.79 Å². The van der Waals surface area contributed by atoms with Gasteiger partial charge in [0, 0.05) is 13.1 Å². The van der Waals surface area contributed by atoms with Gasteiger partial charge in [-0.05, 0) is 20.8 Å². The fourth-order valence-corrected chi connectivity index (χ4v) is 1.08. The maximum atomic E-state index is 11.6. The number of hydrogen-bond acceptors (Lipinski definition) is 3. The first-order valence-corrected chi connectivity index (χ1v) is 4.64. The van der Waals surface area contributed by atoms with E-state index in [0.29, 0.717) is 13.1 Å². The van der Waals surface area contributed by atoms with E-state index in [1.165, 1.54) is 0 Å². The molecule has 0 bridgehead atoms. The maximum absolute atomic E-state index is 11.6. The van der Waals surface area contributed by atoms with Crippen molar-refractivity contribution < 1.29 is 4.79 Å². The molecule has 4 heteroatoms. The van der Waals surface area contributed by atoms with Crippen LogP contribution >= 0.6 is 0 Å². The summed E-state index contributed by atoms with van der Waals surface area (Å²) in [6.07, 6.45) is 0. The van der Waals surface area contributed by atoms with Crippen LogP contribution in [0.5, 0.6) is 0 Å². The van der Waals surface area contributed by atoms with E-state index in [-0.39, 0.29) is 11.8 Å². The van der Waals surface area contributed by atoms with Gasteiger partial charge >= 0.3 is 0 Å². The van der Waals surface area contributed by atoms with Crippen LogP contribution in [0.3, 0.4) is 0 Å². The first kappa shape index (κ1) is 12.4. The van der Waals surface area contributed by atoms with Crippen molar-refractivity contribution >= 4 is 5.91 Å². The summed E-state index contributed by atoms with van der Waals surface area (Å²) in [4.78, 5) is 13.1. The molecule has 0 saturated heterocycles. The van der Waals surface area contributed by atoms with Crippen molar-refractivity contribution in [2.75, 3.05) is 13.1 Å². The lowest BCUT2D eigenvalue weighted by atomic mass is 10.1. The zero-order chi connectivity index (χ0) is 11.1. The van der Waals surface area contributed by atoms with E-state index in [4.69, 9.17) is 10.5 Å². The van der Waals surface area contributed by atoms with Crippen LogP contribution in [0.25, 0.3) is 0 Å². The van der Waals surface area contributed by atoms with Crippen molar-refractivity contribution in [2.45, 2.75) is 20.8 Å². The van der Waals surface area contributed by atoms with Crippen LogP contribution in [0.1, 0.15) is 20.8 Å². The molecule has 0 aromatic carbocycles. The Kier molecular flexibility index (Phi) is 5.33. The second kappa shape index (κ2) is 5.99. The molecule has 0 aliphatic heterocycles. The second-order valence-corrected chi connectivity index (χ2v) is 3.26. The number of carbonyl (C=O) groups excluding carboxylic acids is 1. The third-order valence-corrected chi connectivity index (χ3v) is 1.97. The van der Waals surface area contributed by atoms with Gasteiger partial charge in [-0.1, -0.05) is 0 Å². The predicted molar refractivity (Wildman–Crippen MR) is 51.8 cm³/mol. The molecule has 76 valence electrons. The minimum Gasteiger partial charge on any atom is -0.341 e. The van der Waals surface area contributed by atoms with E-state index in [1.54, 1.807) is 18.7 Å². The average Bonchev–Trinajstić information content (AvgIpc) is 2.23. The highest BCUT2D eigenvalue weighted by Crippen LogP contribution is 2.04. The normalized spacial score (nSPS) is 13.5. The largest absolute Gasteiger partial charge is 0.341 e. The van der Waals surface area contributed by atoms with Crippen LogP contribution in [0.2, 0.25) is 0 Å². The first-order valence-electron chi connectivity index (χ1n) is 4.64. The fraction of sp³-hybridized carbons (Fsp3) is 0.700. The second-order valence-electron chi connectivity index (χ2n) is 3.26. The minimum absolute atomic E-state index is 0.190. The van der Waals surface area contributed by atoms with Gasteiger partial charge in [0.15, 0.2) is 0 Å². The third-order valence-electron chi connectivity index (χ3n) is 1.97. The molecule has 0 aromatic rings. The summed E-state index contributed by atoms with van der Waals surface area (Å²) in [6, 6.07) is 3.96. The molecule has 14 heavy (non-hydrogen) atoms. The quantitative estimate of drug-likeness (QED) is 0.672. The molecule has 0 spiro atoms. The molecule has 4 nitrogen and oxygen atoms in total. The van der Waals surface area contributed by atoms with E-state index in [2.05, 4.69) is 6.07 Å². The number of nitriles is 2. The van der Waals surface area contributed by atoms with Crippen molar-refractivity contribution in [1.82, 2.24) is 4.90 Å². The van der Waals surface area contributed by atoms with Gasteiger partial charge in [-0.3, -0.25) is 4.79 Å². The molecule has 2 unspecified atom stereocenters. The smallest absolute Gasteiger partial charge is 0.239 e. The molecule has 0 aliphatic rings. The standard InChI is InChI=1S/C10H15N3O/c1-4-13(7-8(2)5-11)10(14)9(3)6-12/h8-9H,4,7H2,1-3H3. The highest BCUT2D eigenvalue weighted by Gasteiger charge is 2.20. The van der Waals surface area contributed by atoms with E-state index in [0.717, 1.165) is 0 Å². The van der Waals surface area contributed by atoms with Gasteiger partial charge < -0.3 is 4.90 Å². The molecule has 0 radical (unpaired) electrons. The van der Waals surface area contributed by atoms with Gasteiger partial charge in [0.25, 0.3) is 0 Å². The predicted octanol–water partition coefficient (Wildman–Crippen LogP) is 1.15. The lowest BCUT2D eigenvalue weighted by molar-refractivity contribution is -0.133. The van der Waals surface area contributed by atoms with Gasteiger partial charge in [-0.25, -0.2) is 0 Å². The molecule has 0 aromatic heterocycles. The number of nitrogens with zero attached hydrogens (tertiary/aromatic N) is 3. The highest BCUT2D eigenvalue weighted by atomic mass is 16.2. The van der Waals surface area contributed by atoms with Gasteiger partial charge in [-0.2, -0.15) is 10.5 Å². The van der Waals surface area contributed by atoms with Gasteiger partial charge in [0.1, 0.15) is 5.92 Å². The Labute approximate surface area is 84.7 Å². The Balaban J connectivity index is 4.37. The highest BCUT2D eigenvalue weighted by molar-refractivity contribution is 5.80. The van der Waals surface area contributed by atoms with Crippen molar-refractivity contribution in [3.8, 4) is 12.1 Å². The Morgan fingerprint density at radius 1 is 1.36 bits per heavy atom. The summed E-state index contributed by atoms with van der Waals surface area (Å²) in [5.74, 6) is -1.01. The van der Waals surface area contributed by atoms with Crippen LogP contribution in [0.15, 0.2) is 0 Å². The van der Waals surface area contributed by atoms with Gasteiger partial charge in [0.05, 0.1) is 18.1 Å². The number of carbonyl (C=O) groups is 1. The summed E-state index contributed by atoms with van der Waals surface area (Å²) in [7, 11) is 0. The number of amides is 1. The fourth-order valence-electron chi connectivity index (χ4n) is 1.08. The van der Waals surface area contributed by atoms with Gasteiger partial charge in [-0.15, -0.1) is 0 Å². The van der Waals surface area contributed by atoms with Gasteiger partial charge in [0.2, 0.25) is 5.91 Å². The first-order chi connectivity index (χ1) is 6.56. The maximum Gasteiger partial charge on any atom is 0.239 e. The number of hydrogen-bond donors (Lipinski definition) is 0. The molecular weight excluding hydrogens is 178 g/mol. The minimum atomic E-state index is -0.624. The zero-order valence-electron chi connectivity index (χ0n) is 8.82. The summed E-state index contributed by atoms with van der Waals surface area (Å²) in [5.41, 5.74) is 0. The van der Waals surface area contributed by atoms with Crippen molar-refractivity contribution in [3.63, 3.8) is 0 Å². The van der Waals surface area contributed by atoms with Crippen molar-refractivity contribution in [3.05, 3.63) is 0 Å². The van der Waals surface area contributed by atoms with Crippen LogP contribution in [0, 0.1) is 34.5 Å². The topological polar surface area (TPSA) is 67.9 Å². The monoisotopic (exact) mass is 193 g/mol. The Hall–Kier alpha value is -1.55. The Morgan fingerprint density at radius 2 is 1.93 bits per heavy atom. The molecule has 0 saturated carbocycles. The van der Waals surface area contributed by atoms with E-state index >= 15 is 0 Å². The van der Waals surface area contributed by atoms with Crippen LogP contribution in [-0.2, 0) is 4.79 Å². The Morgan fingerprint density at radius 3 is 2.29 bits per heavy atom. The number of rotatable bonds is 4. The Bertz CT molecular complexity index is 274. The lowest BCUT2D eigenvalue weighted by Crippen LogP contribution is -2.37. The summed E-state index contributed by atoms with van der Waals surface area (Å²) in [6.45, 7) is 6.11. The molecular formula is C10H15N3O. The molecule has 1 amide bonds. The summed E-state index contributed by atoms with van der Waals surface area (Å²) in [5, 5.41) is 17.2. The molecule has 0 fully saturated rings. The van der Waals surface area contributed by atoms with Crippen LogP contribution in [0.4, 0.5) is 0 Å². The summed E-state index contributed by atoms with van der Waals surface area (Å²) >= 11 is 0. The molecule has 0 N–H and O–H groups in total. The molecule has 2 atom stereocenters. The molecule has 0 rings (SSSR count). The third kappa shape index (κ3) is 3.45. The van der Waals surface area contributed by atoms with Crippen LogP contribution in [-0.4, -0.2) is 23.9 Å².